The van der Waals surface area contributed by atoms with E-state index in [0.717, 1.165) is 5.56 Å². The fourth-order valence-electron chi connectivity index (χ4n) is 6.04. The predicted molar refractivity (Wildman–Crippen MR) is 161 cm³/mol. The molecule has 11 nitrogen and oxygen atoms in total. The van der Waals surface area contributed by atoms with Crippen LogP contribution in [0.15, 0.2) is 59.1 Å². The second kappa shape index (κ2) is 12.1. The molecule has 5 rings (SSSR count). The van der Waals surface area contributed by atoms with Gasteiger partial charge >= 0.3 is 0 Å². The first-order valence-electron chi connectivity index (χ1n) is 14.7. The molecule has 0 bridgehead atoms. The van der Waals surface area contributed by atoms with Gasteiger partial charge in [0, 0.05) is 31.1 Å². The number of nitrogens with zero attached hydrogens (tertiary/aromatic N) is 3. The van der Waals surface area contributed by atoms with Crippen molar-refractivity contribution in [3.05, 3.63) is 83.0 Å². The Morgan fingerprint density at radius 1 is 1.16 bits per heavy atom. The van der Waals surface area contributed by atoms with E-state index in [2.05, 4.69) is 27.2 Å². The molecule has 4 amide bonds. The van der Waals surface area contributed by atoms with E-state index in [1.54, 1.807) is 19.1 Å². The standard InChI is InChI=1S/C33H35FN6O5/c1-19-13-26(39-45-19)29(42)36-25(14-20-9-11-21(34)12-10-20)28(41)37-27(16-32(2,3)4)30(43)40-18-33(15-22(40)17-35)23-7-5-6-8-24(23)38-31(33)44/h5-13,22,25,27H,14-16,18H2,1-4H3,(H,36,42)(H,37,41)(H,38,44)/t22-,25-,27-,33-/m0/s1. The van der Waals surface area contributed by atoms with Gasteiger partial charge in [0.15, 0.2) is 5.69 Å². The number of nitrogens with one attached hydrogen (secondary N) is 3. The van der Waals surface area contributed by atoms with E-state index < -0.39 is 52.5 Å². The number of hydrogen-bond donors (Lipinski definition) is 3. The minimum Gasteiger partial charge on any atom is -0.361 e. The van der Waals surface area contributed by atoms with Gasteiger partial charge in [-0.25, -0.2) is 4.39 Å². The number of para-hydroxylation sites is 1. The molecule has 3 aromatic rings. The fourth-order valence-corrected chi connectivity index (χ4v) is 6.04. The van der Waals surface area contributed by atoms with Crippen molar-refractivity contribution in [2.45, 2.75) is 70.5 Å². The lowest BCUT2D eigenvalue weighted by molar-refractivity contribution is -0.138. The molecule has 1 saturated heterocycles. The number of hydrogen-bond acceptors (Lipinski definition) is 7. The maximum Gasteiger partial charge on any atom is 0.274 e. The third-order valence-corrected chi connectivity index (χ3v) is 8.18. The Kier molecular flexibility index (Phi) is 8.47. The fraction of sp³-hybridized carbons (Fsp3) is 0.394. The Labute approximate surface area is 260 Å². The molecule has 0 radical (unpaired) electrons. The Morgan fingerprint density at radius 2 is 1.87 bits per heavy atom. The summed E-state index contributed by atoms with van der Waals surface area (Å²) in [5, 5.41) is 22.2. The molecular weight excluding hydrogens is 579 g/mol. The largest absolute Gasteiger partial charge is 0.361 e. The van der Waals surface area contributed by atoms with Crippen LogP contribution in [0, 0.1) is 29.5 Å². The number of carbonyl (C=O) groups excluding carboxylic acids is 4. The van der Waals surface area contributed by atoms with Gasteiger partial charge in [-0.15, -0.1) is 0 Å². The van der Waals surface area contributed by atoms with E-state index in [9.17, 15) is 28.8 Å². The topological polar surface area (TPSA) is 157 Å². The van der Waals surface area contributed by atoms with Crippen LogP contribution >= 0.6 is 0 Å². The highest BCUT2D eigenvalue weighted by atomic mass is 19.1. The van der Waals surface area contributed by atoms with Crippen molar-refractivity contribution in [1.82, 2.24) is 20.7 Å². The first kappa shape index (κ1) is 31.4. The lowest BCUT2D eigenvalue weighted by atomic mass is 9.80. The number of nitriles is 1. The van der Waals surface area contributed by atoms with Gasteiger partial charge in [0.25, 0.3) is 5.91 Å². The highest BCUT2D eigenvalue weighted by Gasteiger charge is 2.56. The average molecular weight is 615 g/mol. The molecule has 1 fully saturated rings. The second-order valence-corrected chi connectivity index (χ2v) is 12.9. The molecule has 0 saturated carbocycles. The van der Waals surface area contributed by atoms with Gasteiger partial charge in [0.2, 0.25) is 17.7 Å². The third-order valence-electron chi connectivity index (χ3n) is 8.18. The molecule has 45 heavy (non-hydrogen) atoms. The quantitative estimate of drug-likeness (QED) is 0.351. The van der Waals surface area contributed by atoms with E-state index in [0.29, 0.717) is 17.0 Å². The molecule has 3 heterocycles. The average Bonchev–Trinajstić information content (AvgIpc) is 3.68. The van der Waals surface area contributed by atoms with Crippen molar-refractivity contribution < 1.29 is 28.1 Å². The van der Waals surface area contributed by atoms with Crippen LogP contribution in [0.5, 0.6) is 0 Å². The van der Waals surface area contributed by atoms with Crippen LogP contribution < -0.4 is 16.0 Å². The van der Waals surface area contributed by atoms with Crippen molar-refractivity contribution >= 4 is 29.3 Å². The maximum atomic E-state index is 14.2. The maximum absolute atomic E-state index is 14.2. The van der Waals surface area contributed by atoms with Gasteiger partial charge in [0.1, 0.15) is 29.7 Å². The summed E-state index contributed by atoms with van der Waals surface area (Å²) in [6.45, 7) is 7.35. The molecule has 1 aromatic heterocycles. The van der Waals surface area contributed by atoms with E-state index in [-0.39, 0.29) is 37.4 Å². The Bertz CT molecular complexity index is 1670. The second-order valence-electron chi connectivity index (χ2n) is 12.9. The number of rotatable bonds is 8. The summed E-state index contributed by atoms with van der Waals surface area (Å²) < 4.78 is 18.6. The molecule has 4 atom stereocenters. The monoisotopic (exact) mass is 614 g/mol. The van der Waals surface area contributed by atoms with Gasteiger partial charge in [-0.3, -0.25) is 19.2 Å². The van der Waals surface area contributed by atoms with E-state index in [1.165, 1.54) is 35.2 Å². The van der Waals surface area contributed by atoms with Crippen molar-refractivity contribution in [3.63, 3.8) is 0 Å². The van der Waals surface area contributed by atoms with Crippen LogP contribution in [-0.2, 0) is 26.2 Å². The van der Waals surface area contributed by atoms with Gasteiger partial charge in [-0.05, 0) is 48.1 Å². The summed E-state index contributed by atoms with van der Waals surface area (Å²) in [6.07, 6.45) is 0.325. The normalized spacial score (nSPS) is 20.2. The molecule has 0 unspecified atom stereocenters. The van der Waals surface area contributed by atoms with Crippen molar-refractivity contribution in [2.75, 3.05) is 11.9 Å². The molecule has 2 aliphatic heterocycles. The van der Waals surface area contributed by atoms with E-state index in [4.69, 9.17) is 4.52 Å². The minimum atomic E-state index is -1.17. The van der Waals surface area contributed by atoms with Crippen LogP contribution in [0.3, 0.4) is 0 Å². The molecule has 2 aromatic carbocycles. The molecule has 234 valence electrons. The molecule has 12 heteroatoms. The van der Waals surface area contributed by atoms with Crippen molar-refractivity contribution in [1.29, 1.82) is 5.26 Å². The third kappa shape index (κ3) is 6.57. The summed E-state index contributed by atoms with van der Waals surface area (Å²) >= 11 is 0. The predicted octanol–water partition coefficient (Wildman–Crippen LogP) is 3.40. The zero-order valence-electron chi connectivity index (χ0n) is 25.5. The summed E-state index contributed by atoms with van der Waals surface area (Å²) in [7, 11) is 0. The number of carbonyl (C=O) groups is 4. The van der Waals surface area contributed by atoms with Crippen LogP contribution in [0.2, 0.25) is 0 Å². The van der Waals surface area contributed by atoms with Crippen LogP contribution in [0.4, 0.5) is 10.1 Å². The Morgan fingerprint density at radius 3 is 2.51 bits per heavy atom. The highest BCUT2D eigenvalue weighted by Crippen LogP contribution is 2.46. The zero-order chi connectivity index (χ0) is 32.5. The van der Waals surface area contributed by atoms with Crippen molar-refractivity contribution in [2.24, 2.45) is 5.41 Å². The lowest BCUT2D eigenvalue weighted by Gasteiger charge is -2.32. The molecule has 1 spiro atoms. The Balaban J connectivity index is 1.42. The summed E-state index contributed by atoms with van der Waals surface area (Å²) in [6, 6.07) is 13.2. The number of benzene rings is 2. The SMILES string of the molecule is Cc1cc(C(=O)N[C@@H](Cc2ccc(F)cc2)C(=O)N[C@@H](CC(C)(C)C)C(=O)N2C[C@]3(C[C@H]2C#N)C(=O)Nc2ccccc23)no1. The summed E-state index contributed by atoms with van der Waals surface area (Å²) in [5.74, 6) is -2.14. The Hall–Kier alpha value is -5.05. The van der Waals surface area contributed by atoms with Gasteiger partial charge in [-0.1, -0.05) is 56.3 Å². The first-order chi connectivity index (χ1) is 21.3. The van der Waals surface area contributed by atoms with Crippen LogP contribution in [0.1, 0.15) is 61.0 Å². The lowest BCUT2D eigenvalue weighted by Crippen LogP contribution is -2.56. The number of amides is 4. The molecule has 2 aliphatic rings. The molecule has 3 N–H and O–H groups in total. The smallest absolute Gasteiger partial charge is 0.274 e. The number of likely N-dealkylation sites (tertiary alicyclic amines) is 1. The minimum absolute atomic E-state index is 0.00425. The van der Waals surface area contributed by atoms with Crippen LogP contribution in [0.25, 0.3) is 0 Å². The van der Waals surface area contributed by atoms with Crippen molar-refractivity contribution in [3.8, 4) is 6.07 Å². The number of fused-ring (bicyclic) bond motifs is 2. The van der Waals surface area contributed by atoms with Crippen LogP contribution in [-0.4, -0.2) is 58.4 Å². The zero-order valence-corrected chi connectivity index (χ0v) is 25.5. The van der Waals surface area contributed by atoms with Gasteiger partial charge in [-0.2, -0.15) is 5.26 Å². The first-order valence-corrected chi connectivity index (χ1v) is 14.7. The number of halogens is 1. The molecular formula is C33H35FN6O5. The number of anilines is 1. The highest BCUT2D eigenvalue weighted by molar-refractivity contribution is 6.07. The number of aromatic nitrogens is 1. The van der Waals surface area contributed by atoms with E-state index >= 15 is 0 Å². The van der Waals surface area contributed by atoms with E-state index in [1.807, 2.05) is 32.9 Å². The number of aryl methyl sites for hydroxylation is 1. The van der Waals surface area contributed by atoms with Gasteiger partial charge in [0.05, 0.1) is 11.5 Å². The molecule has 0 aliphatic carbocycles. The van der Waals surface area contributed by atoms with Gasteiger partial charge < -0.3 is 25.4 Å². The summed E-state index contributed by atoms with van der Waals surface area (Å²) in [5.41, 5.74) is 0.405. The summed E-state index contributed by atoms with van der Waals surface area (Å²) in [4.78, 5) is 55.8.